The topological polar surface area (TPSA) is 38.3 Å². The Kier molecular flexibility index (Phi) is 5.55. The standard InChI is InChI=1S/C20H24ClNO2/c1-13-10-15(11-14(2)19(13)21)24-12-18(23)22-17-9-7-6-8-16(17)20(3,4)5/h6-11H,12H2,1-5H3,(H,22,23). The summed E-state index contributed by atoms with van der Waals surface area (Å²) >= 11 is 6.14. The number of halogens is 1. The summed E-state index contributed by atoms with van der Waals surface area (Å²) in [7, 11) is 0. The molecule has 0 heterocycles. The summed E-state index contributed by atoms with van der Waals surface area (Å²) in [5.74, 6) is 0.464. The minimum Gasteiger partial charge on any atom is -0.484 e. The smallest absolute Gasteiger partial charge is 0.262 e. The van der Waals surface area contributed by atoms with Gasteiger partial charge in [0.05, 0.1) is 0 Å². The second-order valence-electron chi connectivity index (χ2n) is 7.00. The fraction of sp³-hybridized carbons (Fsp3) is 0.350. The van der Waals surface area contributed by atoms with Crippen molar-refractivity contribution < 1.29 is 9.53 Å². The van der Waals surface area contributed by atoms with E-state index in [0.29, 0.717) is 5.75 Å². The fourth-order valence-corrected chi connectivity index (χ4v) is 2.68. The van der Waals surface area contributed by atoms with Crippen LogP contribution < -0.4 is 10.1 Å². The Balaban J connectivity index is 2.05. The van der Waals surface area contributed by atoms with Crippen molar-refractivity contribution in [3.05, 3.63) is 58.1 Å². The van der Waals surface area contributed by atoms with E-state index in [4.69, 9.17) is 16.3 Å². The highest BCUT2D eigenvalue weighted by atomic mass is 35.5. The highest BCUT2D eigenvalue weighted by Gasteiger charge is 2.18. The number of hydrogen-bond acceptors (Lipinski definition) is 2. The summed E-state index contributed by atoms with van der Waals surface area (Å²) in [6, 6.07) is 11.5. The number of aryl methyl sites for hydroxylation is 2. The predicted molar refractivity (Wildman–Crippen MR) is 100 cm³/mol. The molecular formula is C20H24ClNO2. The van der Waals surface area contributed by atoms with Crippen molar-refractivity contribution in [1.29, 1.82) is 0 Å². The molecule has 0 fully saturated rings. The zero-order chi connectivity index (χ0) is 17.9. The molecule has 3 nitrogen and oxygen atoms in total. The van der Waals surface area contributed by atoms with E-state index in [1.165, 1.54) is 0 Å². The van der Waals surface area contributed by atoms with Crippen LogP contribution in [0.25, 0.3) is 0 Å². The highest BCUT2D eigenvalue weighted by Crippen LogP contribution is 2.29. The van der Waals surface area contributed by atoms with Crippen LogP contribution in [-0.4, -0.2) is 12.5 Å². The van der Waals surface area contributed by atoms with Crippen molar-refractivity contribution in [3.63, 3.8) is 0 Å². The molecule has 0 aliphatic carbocycles. The molecule has 0 aliphatic rings. The molecule has 2 aromatic carbocycles. The number of anilines is 1. The van der Waals surface area contributed by atoms with E-state index in [9.17, 15) is 4.79 Å². The maximum absolute atomic E-state index is 12.2. The van der Waals surface area contributed by atoms with Crippen molar-refractivity contribution in [2.24, 2.45) is 0 Å². The lowest BCUT2D eigenvalue weighted by molar-refractivity contribution is -0.118. The minimum absolute atomic E-state index is 0.0427. The average molecular weight is 346 g/mol. The number of benzene rings is 2. The number of rotatable bonds is 4. The fourth-order valence-electron chi connectivity index (χ4n) is 2.57. The summed E-state index contributed by atoms with van der Waals surface area (Å²) < 4.78 is 5.61. The molecule has 4 heteroatoms. The largest absolute Gasteiger partial charge is 0.484 e. The second-order valence-corrected chi connectivity index (χ2v) is 7.38. The molecular weight excluding hydrogens is 322 g/mol. The normalized spacial score (nSPS) is 11.2. The Hall–Kier alpha value is -2.00. The van der Waals surface area contributed by atoms with E-state index in [1.54, 1.807) is 0 Å². The lowest BCUT2D eigenvalue weighted by Crippen LogP contribution is -2.23. The first-order valence-corrected chi connectivity index (χ1v) is 8.35. The van der Waals surface area contributed by atoms with E-state index >= 15 is 0 Å². The number of nitrogens with one attached hydrogen (secondary N) is 1. The van der Waals surface area contributed by atoms with Gasteiger partial charge in [0.2, 0.25) is 0 Å². The van der Waals surface area contributed by atoms with E-state index in [1.807, 2.05) is 50.2 Å². The molecule has 0 saturated heterocycles. The quantitative estimate of drug-likeness (QED) is 0.819. The van der Waals surface area contributed by atoms with Crippen molar-refractivity contribution in [3.8, 4) is 5.75 Å². The Morgan fingerprint density at radius 3 is 2.29 bits per heavy atom. The molecule has 0 aliphatic heterocycles. The molecule has 2 aromatic rings. The van der Waals surface area contributed by atoms with E-state index in [-0.39, 0.29) is 17.9 Å². The maximum atomic E-state index is 12.2. The lowest BCUT2D eigenvalue weighted by Gasteiger charge is -2.23. The van der Waals surface area contributed by atoms with Crippen LogP contribution in [0.5, 0.6) is 5.75 Å². The Labute approximate surface area is 149 Å². The van der Waals surface area contributed by atoms with E-state index in [0.717, 1.165) is 27.4 Å². The number of hydrogen-bond donors (Lipinski definition) is 1. The second kappa shape index (κ2) is 7.27. The van der Waals surface area contributed by atoms with Gasteiger partial charge in [-0.1, -0.05) is 50.6 Å². The van der Waals surface area contributed by atoms with Gasteiger partial charge in [0.15, 0.2) is 6.61 Å². The van der Waals surface area contributed by atoms with Crippen LogP contribution >= 0.6 is 11.6 Å². The SMILES string of the molecule is Cc1cc(OCC(=O)Nc2ccccc2C(C)(C)C)cc(C)c1Cl. The Bertz CT molecular complexity index is 725. The first-order chi connectivity index (χ1) is 11.2. The van der Waals surface area contributed by atoms with Crippen LogP contribution in [0.4, 0.5) is 5.69 Å². The van der Waals surface area contributed by atoms with Gasteiger partial charge in [0.1, 0.15) is 5.75 Å². The predicted octanol–water partition coefficient (Wildman–Crippen LogP) is 5.27. The van der Waals surface area contributed by atoms with Crippen LogP contribution in [0, 0.1) is 13.8 Å². The lowest BCUT2D eigenvalue weighted by atomic mass is 9.86. The molecule has 1 amide bonds. The molecule has 128 valence electrons. The van der Waals surface area contributed by atoms with E-state index in [2.05, 4.69) is 26.1 Å². The van der Waals surface area contributed by atoms with Crippen molar-refractivity contribution in [2.45, 2.75) is 40.0 Å². The van der Waals surface area contributed by atoms with Crippen LogP contribution in [0.1, 0.15) is 37.5 Å². The van der Waals surface area contributed by atoms with Gasteiger partial charge >= 0.3 is 0 Å². The molecule has 0 aromatic heterocycles. The third-order valence-electron chi connectivity index (χ3n) is 3.79. The zero-order valence-electron chi connectivity index (χ0n) is 14.9. The first kappa shape index (κ1) is 18.3. The number of ether oxygens (including phenoxy) is 1. The molecule has 0 spiro atoms. The molecule has 0 unspecified atom stereocenters. The Morgan fingerprint density at radius 2 is 1.71 bits per heavy atom. The number of para-hydroxylation sites is 1. The van der Waals surface area contributed by atoms with Crippen molar-refractivity contribution >= 4 is 23.2 Å². The third kappa shape index (κ3) is 4.51. The highest BCUT2D eigenvalue weighted by molar-refractivity contribution is 6.32. The molecule has 0 saturated carbocycles. The van der Waals surface area contributed by atoms with Gasteiger partial charge in [-0.3, -0.25) is 4.79 Å². The van der Waals surface area contributed by atoms with Gasteiger partial charge in [-0.25, -0.2) is 0 Å². The monoisotopic (exact) mass is 345 g/mol. The summed E-state index contributed by atoms with van der Waals surface area (Å²) in [5.41, 5.74) is 3.74. The van der Waals surface area contributed by atoms with Crippen molar-refractivity contribution in [2.75, 3.05) is 11.9 Å². The van der Waals surface area contributed by atoms with Crippen LogP contribution in [0.15, 0.2) is 36.4 Å². The van der Waals surface area contributed by atoms with Crippen LogP contribution in [0.3, 0.4) is 0 Å². The average Bonchev–Trinajstić information content (AvgIpc) is 2.50. The molecule has 24 heavy (non-hydrogen) atoms. The first-order valence-electron chi connectivity index (χ1n) is 7.97. The zero-order valence-corrected chi connectivity index (χ0v) is 15.6. The van der Waals surface area contributed by atoms with E-state index < -0.39 is 0 Å². The van der Waals surface area contributed by atoms with Gasteiger partial charge < -0.3 is 10.1 Å². The van der Waals surface area contributed by atoms with Crippen molar-refractivity contribution in [1.82, 2.24) is 0 Å². The van der Waals surface area contributed by atoms with Crippen LogP contribution in [0.2, 0.25) is 5.02 Å². The minimum atomic E-state index is -0.183. The molecule has 1 N–H and O–H groups in total. The molecule has 0 radical (unpaired) electrons. The van der Waals surface area contributed by atoms with Crippen LogP contribution in [-0.2, 0) is 10.2 Å². The van der Waals surface area contributed by atoms with Gasteiger partial charge in [0.25, 0.3) is 5.91 Å². The molecule has 0 bridgehead atoms. The summed E-state index contributed by atoms with van der Waals surface area (Å²) in [6.45, 7) is 10.2. The number of carbonyl (C=O) groups is 1. The summed E-state index contributed by atoms with van der Waals surface area (Å²) in [5, 5.41) is 3.67. The summed E-state index contributed by atoms with van der Waals surface area (Å²) in [4.78, 5) is 12.2. The molecule has 2 rings (SSSR count). The number of amides is 1. The summed E-state index contributed by atoms with van der Waals surface area (Å²) in [6.07, 6.45) is 0. The Morgan fingerprint density at radius 1 is 1.12 bits per heavy atom. The van der Waals surface area contributed by atoms with Gasteiger partial charge in [-0.2, -0.15) is 0 Å². The van der Waals surface area contributed by atoms with Gasteiger partial charge in [-0.05, 0) is 54.2 Å². The number of carbonyl (C=O) groups excluding carboxylic acids is 1. The third-order valence-corrected chi connectivity index (χ3v) is 4.39. The molecule has 0 atom stereocenters. The van der Waals surface area contributed by atoms with Gasteiger partial charge in [0, 0.05) is 10.7 Å². The van der Waals surface area contributed by atoms with Gasteiger partial charge in [-0.15, -0.1) is 0 Å². The maximum Gasteiger partial charge on any atom is 0.262 e.